The Morgan fingerprint density at radius 3 is 2.78 bits per heavy atom. The largest absolute Gasteiger partial charge is 0.492 e. The molecular formula is C23H27N5O3S. The Bertz CT molecular complexity index is 1240. The minimum atomic E-state index is -0.520. The van der Waals surface area contributed by atoms with Gasteiger partial charge >= 0.3 is 0 Å². The molecule has 9 heteroatoms. The Labute approximate surface area is 191 Å². The summed E-state index contributed by atoms with van der Waals surface area (Å²) < 4.78 is 7.91. The van der Waals surface area contributed by atoms with Crippen molar-refractivity contribution in [3.8, 4) is 11.8 Å². The van der Waals surface area contributed by atoms with Crippen molar-refractivity contribution in [2.45, 2.75) is 20.4 Å². The van der Waals surface area contributed by atoms with Crippen LogP contribution in [0.2, 0.25) is 0 Å². The van der Waals surface area contributed by atoms with Gasteiger partial charge in [0.25, 0.3) is 11.5 Å². The smallest absolute Gasteiger partial charge is 0.277 e. The summed E-state index contributed by atoms with van der Waals surface area (Å²) in [5.41, 5.74) is 6.08. The number of amides is 1. The molecule has 0 fully saturated rings. The van der Waals surface area contributed by atoms with Crippen LogP contribution in [0, 0.1) is 11.3 Å². The van der Waals surface area contributed by atoms with E-state index >= 15 is 0 Å². The summed E-state index contributed by atoms with van der Waals surface area (Å²) in [7, 11) is 3.97. The predicted octanol–water partition coefficient (Wildman–Crippen LogP) is 0.841. The number of nitriles is 1. The lowest BCUT2D eigenvalue weighted by Gasteiger charge is -2.11. The Morgan fingerprint density at radius 1 is 1.34 bits per heavy atom. The van der Waals surface area contributed by atoms with Gasteiger partial charge in [-0.05, 0) is 40.1 Å². The lowest BCUT2D eigenvalue weighted by atomic mass is 10.3. The van der Waals surface area contributed by atoms with Crippen molar-refractivity contribution in [3.05, 3.63) is 55.6 Å². The van der Waals surface area contributed by atoms with Gasteiger partial charge in [-0.1, -0.05) is 28.9 Å². The Morgan fingerprint density at radius 2 is 2.12 bits per heavy atom. The first-order chi connectivity index (χ1) is 15.4. The summed E-state index contributed by atoms with van der Waals surface area (Å²) >= 11 is 1.12. The number of nitrogens with one attached hydrogen (secondary N) is 2. The molecule has 1 aromatic carbocycles. The number of likely N-dealkylation sites (N-methyl/N-ethyl adjacent to an activating group) is 2. The van der Waals surface area contributed by atoms with Crippen LogP contribution in [0.25, 0.3) is 11.5 Å². The molecule has 0 saturated carbocycles. The van der Waals surface area contributed by atoms with Gasteiger partial charge < -0.3 is 20.3 Å². The van der Waals surface area contributed by atoms with E-state index in [1.54, 1.807) is 13.1 Å². The topological polar surface area (TPSA) is 99.4 Å². The third-order valence-electron chi connectivity index (χ3n) is 4.19. The summed E-state index contributed by atoms with van der Waals surface area (Å²) in [5, 5.41) is 14.9. The summed E-state index contributed by atoms with van der Waals surface area (Å²) in [6.45, 7) is 5.74. The number of thiazole rings is 1. The molecule has 8 nitrogen and oxygen atoms in total. The van der Waals surface area contributed by atoms with Crippen molar-refractivity contribution in [1.82, 2.24) is 14.8 Å². The standard InChI is InChI=1S/C23H27N5O3S/c1-5-25-22(29)17(16-24)14-21-28(6-2)23(30)20(32-21)10-11-26-18-8-7-9-19(15-18)31-13-12-27(3)4/h7-9,11,15,26H,5-6,12-13H2,1-4H3,(H,25,29). The highest BCUT2D eigenvalue weighted by Gasteiger charge is 2.08. The highest BCUT2D eigenvalue weighted by molar-refractivity contribution is 7.07. The average molecular weight is 454 g/mol. The van der Waals surface area contributed by atoms with Crippen molar-refractivity contribution in [2.75, 3.05) is 39.1 Å². The highest BCUT2D eigenvalue weighted by Crippen LogP contribution is 2.17. The highest BCUT2D eigenvalue weighted by atomic mass is 32.1. The maximum Gasteiger partial charge on any atom is 0.277 e. The second-order valence-electron chi connectivity index (χ2n) is 6.87. The number of ether oxygens (including phenoxy) is 1. The van der Waals surface area contributed by atoms with Crippen LogP contribution in [0.5, 0.6) is 5.75 Å². The van der Waals surface area contributed by atoms with Crippen LogP contribution in [0.1, 0.15) is 13.8 Å². The summed E-state index contributed by atoms with van der Waals surface area (Å²) in [6.07, 6.45) is 1.55. The number of benzene rings is 1. The summed E-state index contributed by atoms with van der Waals surface area (Å²) in [6, 6.07) is 9.33. The van der Waals surface area contributed by atoms with Gasteiger partial charge in [0.05, 0.1) is 0 Å². The zero-order valence-corrected chi connectivity index (χ0v) is 19.5. The van der Waals surface area contributed by atoms with E-state index in [1.807, 2.05) is 56.3 Å². The number of carbonyl (C=O) groups is 1. The SMILES string of the molecule is CCNC(=O)C(=C=c1sc(=C=CNc2cccc(OCCN(C)C)c2)c(=O)n1CC)C#N. The quantitative estimate of drug-likeness (QED) is 0.431. The van der Waals surface area contributed by atoms with E-state index in [1.165, 1.54) is 4.57 Å². The molecular weight excluding hydrogens is 426 g/mol. The van der Waals surface area contributed by atoms with Gasteiger partial charge in [0, 0.05) is 37.6 Å². The number of anilines is 1. The first-order valence-electron chi connectivity index (χ1n) is 10.2. The van der Waals surface area contributed by atoms with E-state index in [4.69, 9.17) is 4.74 Å². The predicted molar refractivity (Wildman–Crippen MR) is 127 cm³/mol. The molecule has 0 aliphatic carbocycles. The minimum Gasteiger partial charge on any atom is -0.492 e. The second-order valence-corrected chi connectivity index (χ2v) is 7.87. The van der Waals surface area contributed by atoms with Gasteiger partial charge in [0.15, 0.2) is 5.57 Å². The molecule has 32 heavy (non-hydrogen) atoms. The molecule has 0 unspecified atom stereocenters. The Hall–Kier alpha value is -3.53. The van der Waals surface area contributed by atoms with Crippen LogP contribution < -0.4 is 30.1 Å². The van der Waals surface area contributed by atoms with E-state index in [0.717, 1.165) is 29.3 Å². The zero-order valence-electron chi connectivity index (χ0n) is 18.7. The van der Waals surface area contributed by atoms with Gasteiger partial charge in [0.2, 0.25) is 0 Å². The number of hydrogen-bond donors (Lipinski definition) is 2. The molecule has 2 aromatic rings. The fourth-order valence-corrected chi connectivity index (χ4v) is 3.56. The first kappa shape index (κ1) is 24.7. The second kappa shape index (κ2) is 12.4. The zero-order chi connectivity index (χ0) is 23.5. The van der Waals surface area contributed by atoms with Crippen molar-refractivity contribution >= 4 is 34.4 Å². The van der Waals surface area contributed by atoms with Crippen molar-refractivity contribution in [2.24, 2.45) is 0 Å². The number of carbonyl (C=O) groups excluding carboxylic acids is 1. The minimum absolute atomic E-state index is 0.171. The third-order valence-corrected chi connectivity index (χ3v) is 5.20. The molecule has 0 aliphatic heterocycles. The van der Waals surface area contributed by atoms with Crippen LogP contribution in [0.4, 0.5) is 5.69 Å². The maximum atomic E-state index is 12.7. The molecule has 0 bridgehead atoms. The normalized spacial score (nSPS) is 10.0. The monoisotopic (exact) mass is 453 g/mol. The first-order valence-corrected chi connectivity index (χ1v) is 11.0. The molecule has 0 saturated heterocycles. The van der Waals surface area contributed by atoms with Gasteiger partial charge in [-0.2, -0.15) is 5.26 Å². The van der Waals surface area contributed by atoms with E-state index in [0.29, 0.717) is 28.9 Å². The van der Waals surface area contributed by atoms with Gasteiger partial charge in [-0.3, -0.25) is 14.2 Å². The lowest BCUT2D eigenvalue weighted by Crippen LogP contribution is -2.30. The average Bonchev–Trinajstić information content (AvgIpc) is 3.06. The van der Waals surface area contributed by atoms with Crippen LogP contribution in [0.15, 0.2) is 40.8 Å². The summed E-state index contributed by atoms with van der Waals surface area (Å²) in [5.74, 6) is 0.222. The van der Waals surface area contributed by atoms with Crippen LogP contribution in [0.3, 0.4) is 0 Å². The molecule has 0 radical (unpaired) electrons. The van der Waals surface area contributed by atoms with E-state index in [9.17, 15) is 14.9 Å². The van der Waals surface area contributed by atoms with Crippen LogP contribution in [-0.2, 0) is 11.3 Å². The Balaban J connectivity index is 2.36. The number of aromatic nitrogens is 1. The van der Waals surface area contributed by atoms with Crippen LogP contribution >= 0.6 is 11.3 Å². The number of hydrogen-bond acceptors (Lipinski definition) is 7. The van der Waals surface area contributed by atoms with Crippen molar-refractivity contribution in [1.29, 1.82) is 5.26 Å². The van der Waals surface area contributed by atoms with Crippen molar-refractivity contribution in [3.63, 3.8) is 0 Å². The molecule has 1 amide bonds. The fourth-order valence-electron chi connectivity index (χ4n) is 2.58. The van der Waals surface area contributed by atoms with Crippen molar-refractivity contribution < 1.29 is 9.53 Å². The molecule has 1 aromatic heterocycles. The van der Waals surface area contributed by atoms with E-state index in [-0.39, 0.29) is 11.1 Å². The molecule has 0 aliphatic rings. The van der Waals surface area contributed by atoms with Gasteiger partial charge in [0.1, 0.15) is 27.6 Å². The maximum absolute atomic E-state index is 12.7. The molecule has 0 spiro atoms. The molecule has 1 heterocycles. The lowest BCUT2D eigenvalue weighted by molar-refractivity contribution is -0.116. The fraction of sp³-hybridized carbons (Fsp3) is 0.348. The van der Waals surface area contributed by atoms with Crippen LogP contribution in [-0.4, -0.2) is 49.2 Å². The molecule has 0 atom stereocenters. The molecule has 2 rings (SSSR count). The van der Waals surface area contributed by atoms with E-state index in [2.05, 4.69) is 22.1 Å². The number of rotatable bonds is 9. The van der Waals surface area contributed by atoms with E-state index < -0.39 is 5.91 Å². The summed E-state index contributed by atoms with van der Waals surface area (Å²) in [4.78, 5) is 26.7. The molecule has 2 N–H and O–H groups in total. The Kier molecular flexibility index (Phi) is 9.55. The van der Waals surface area contributed by atoms with Gasteiger partial charge in [-0.15, -0.1) is 0 Å². The molecule has 168 valence electrons. The van der Waals surface area contributed by atoms with Gasteiger partial charge in [-0.25, -0.2) is 0 Å². The third kappa shape index (κ3) is 7.02. The number of nitrogens with zero attached hydrogens (tertiary/aromatic N) is 3.